The van der Waals surface area contributed by atoms with Crippen LogP contribution in [0.1, 0.15) is 50.0 Å². The molecule has 1 heterocycles. The summed E-state index contributed by atoms with van der Waals surface area (Å²) in [6.07, 6.45) is 5.34. The number of amides is 1. The van der Waals surface area contributed by atoms with Crippen LogP contribution in [0.25, 0.3) is 0 Å². The number of ether oxygens (including phenoxy) is 1. The van der Waals surface area contributed by atoms with E-state index in [2.05, 4.69) is 6.07 Å². The van der Waals surface area contributed by atoms with Crippen molar-refractivity contribution in [2.45, 2.75) is 50.5 Å². The van der Waals surface area contributed by atoms with Crippen LogP contribution in [-0.2, 0) is 4.79 Å². The second-order valence-electron chi connectivity index (χ2n) is 6.96. The standard InChI is InChI=1S/C19H27NO3/c1-20(13-15-6-2-4-8-17(15)21)19(22)12-14-10-11-23-18-9-5-3-7-16(14)18/h3,5,7,9,14-15,17,21H,2,4,6,8,10-13H2,1H3. The van der Waals surface area contributed by atoms with E-state index in [-0.39, 0.29) is 23.8 Å². The molecule has 0 saturated heterocycles. The molecule has 4 nitrogen and oxygen atoms in total. The minimum absolute atomic E-state index is 0.171. The van der Waals surface area contributed by atoms with Crippen molar-refractivity contribution in [2.24, 2.45) is 5.92 Å². The van der Waals surface area contributed by atoms with Crippen molar-refractivity contribution in [3.8, 4) is 5.75 Å². The van der Waals surface area contributed by atoms with Gasteiger partial charge >= 0.3 is 0 Å². The van der Waals surface area contributed by atoms with Crippen molar-refractivity contribution in [1.29, 1.82) is 0 Å². The number of aliphatic hydroxyl groups is 1. The Morgan fingerprint density at radius 3 is 2.87 bits per heavy atom. The summed E-state index contributed by atoms with van der Waals surface area (Å²) in [6.45, 7) is 1.35. The molecule has 3 rings (SSSR count). The van der Waals surface area contributed by atoms with Crippen molar-refractivity contribution in [1.82, 2.24) is 4.90 Å². The molecule has 23 heavy (non-hydrogen) atoms. The molecule has 2 aliphatic rings. The Kier molecular flexibility index (Phi) is 5.21. The van der Waals surface area contributed by atoms with Gasteiger partial charge in [0, 0.05) is 25.9 Å². The van der Waals surface area contributed by atoms with Crippen LogP contribution < -0.4 is 4.74 Å². The van der Waals surface area contributed by atoms with Crippen LogP contribution in [-0.4, -0.2) is 42.2 Å². The smallest absolute Gasteiger partial charge is 0.222 e. The van der Waals surface area contributed by atoms with Gasteiger partial charge in [-0.15, -0.1) is 0 Å². The van der Waals surface area contributed by atoms with E-state index in [0.717, 1.165) is 43.4 Å². The number of carbonyl (C=O) groups is 1. The fourth-order valence-corrected chi connectivity index (χ4v) is 3.85. The zero-order valence-corrected chi connectivity index (χ0v) is 13.9. The Bertz CT molecular complexity index is 545. The number of para-hydroxylation sites is 1. The Hall–Kier alpha value is -1.55. The molecule has 4 heteroatoms. The van der Waals surface area contributed by atoms with E-state index in [1.807, 2.05) is 30.1 Å². The molecule has 0 spiro atoms. The van der Waals surface area contributed by atoms with E-state index in [0.29, 0.717) is 19.6 Å². The molecule has 1 aromatic rings. The second-order valence-corrected chi connectivity index (χ2v) is 6.96. The monoisotopic (exact) mass is 317 g/mol. The lowest BCUT2D eigenvalue weighted by Crippen LogP contribution is -2.38. The average molecular weight is 317 g/mol. The predicted molar refractivity (Wildman–Crippen MR) is 89.5 cm³/mol. The van der Waals surface area contributed by atoms with Crippen LogP contribution in [0.4, 0.5) is 0 Å². The van der Waals surface area contributed by atoms with Crippen molar-refractivity contribution in [2.75, 3.05) is 20.2 Å². The molecule has 1 N–H and O–H groups in total. The summed E-state index contributed by atoms with van der Waals surface area (Å²) < 4.78 is 5.67. The van der Waals surface area contributed by atoms with Gasteiger partial charge in [0.2, 0.25) is 5.91 Å². The first-order valence-corrected chi connectivity index (χ1v) is 8.79. The number of hydrogen-bond acceptors (Lipinski definition) is 3. The highest BCUT2D eigenvalue weighted by Gasteiger charge is 2.28. The molecule has 1 saturated carbocycles. The lowest BCUT2D eigenvalue weighted by atomic mass is 9.86. The minimum Gasteiger partial charge on any atom is -0.493 e. The lowest BCUT2D eigenvalue weighted by molar-refractivity contribution is -0.131. The molecule has 3 unspecified atom stereocenters. The van der Waals surface area contributed by atoms with Crippen molar-refractivity contribution in [3.05, 3.63) is 29.8 Å². The van der Waals surface area contributed by atoms with Crippen molar-refractivity contribution >= 4 is 5.91 Å². The molecule has 126 valence electrons. The van der Waals surface area contributed by atoms with Gasteiger partial charge in [-0.05, 0) is 36.8 Å². The van der Waals surface area contributed by atoms with E-state index < -0.39 is 0 Å². The molecule has 0 radical (unpaired) electrons. The summed E-state index contributed by atoms with van der Waals surface area (Å²) in [5, 5.41) is 10.1. The number of fused-ring (bicyclic) bond motifs is 1. The number of aliphatic hydroxyl groups excluding tert-OH is 1. The van der Waals surface area contributed by atoms with Crippen molar-refractivity contribution in [3.63, 3.8) is 0 Å². The van der Waals surface area contributed by atoms with Gasteiger partial charge in [0.05, 0.1) is 12.7 Å². The molecule has 1 aromatic carbocycles. The summed E-state index contributed by atoms with van der Waals surface area (Å²) in [6, 6.07) is 8.03. The fraction of sp³-hybridized carbons (Fsp3) is 0.632. The summed E-state index contributed by atoms with van der Waals surface area (Å²) in [7, 11) is 1.87. The molecular formula is C19H27NO3. The van der Waals surface area contributed by atoms with Gasteiger partial charge < -0.3 is 14.7 Å². The molecule has 1 aliphatic heterocycles. The largest absolute Gasteiger partial charge is 0.493 e. The van der Waals surface area contributed by atoms with Gasteiger partial charge in [-0.1, -0.05) is 31.0 Å². The molecule has 1 amide bonds. The summed E-state index contributed by atoms with van der Waals surface area (Å²) in [5.74, 6) is 1.57. The van der Waals surface area contributed by atoms with Gasteiger partial charge in [-0.25, -0.2) is 0 Å². The highest BCUT2D eigenvalue weighted by Crippen LogP contribution is 2.36. The zero-order valence-electron chi connectivity index (χ0n) is 13.9. The third kappa shape index (κ3) is 3.86. The number of hydrogen-bond donors (Lipinski definition) is 1. The van der Waals surface area contributed by atoms with Crippen LogP contribution in [0.5, 0.6) is 5.75 Å². The first kappa shape index (κ1) is 16.3. The molecule has 0 aromatic heterocycles. The fourth-order valence-electron chi connectivity index (χ4n) is 3.85. The van der Waals surface area contributed by atoms with Crippen LogP contribution >= 0.6 is 0 Å². The van der Waals surface area contributed by atoms with Gasteiger partial charge in [0.25, 0.3) is 0 Å². The number of rotatable bonds is 4. The second kappa shape index (κ2) is 7.35. The number of nitrogens with zero attached hydrogens (tertiary/aromatic N) is 1. The SMILES string of the molecule is CN(CC1CCCCC1O)C(=O)CC1CCOc2ccccc21. The van der Waals surface area contributed by atoms with Gasteiger partial charge in [0.15, 0.2) is 0 Å². The Balaban J connectivity index is 1.58. The third-order valence-corrected chi connectivity index (χ3v) is 5.31. The van der Waals surface area contributed by atoms with Crippen molar-refractivity contribution < 1.29 is 14.6 Å². The Morgan fingerprint density at radius 1 is 1.26 bits per heavy atom. The Labute approximate surface area is 138 Å². The highest BCUT2D eigenvalue weighted by molar-refractivity contribution is 5.77. The quantitative estimate of drug-likeness (QED) is 0.929. The molecule has 1 aliphatic carbocycles. The molecule has 1 fully saturated rings. The van der Waals surface area contributed by atoms with Gasteiger partial charge in [-0.2, -0.15) is 0 Å². The third-order valence-electron chi connectivity index (χ3n) is 5.31. The molecule has 0 bridgehead atoms. The lowest BCUT2D eigenvalue weighted by Gasteiger charge is -2.32. The van der Waals surface area contributed by atoms with E-state index in [4.69, 9.17) is 4.74 Å². The topological polar surface area (TPSA) is 49.8 Å². The van der Waals surface area contributed by atoms with E-state index >= 15 is 0 Å². The summed E-state index contributed by atoms with van der Waals surface area (Å²) >= 11 is 0. The maximum Gasteiger partial charge on any atom is 0.222 e. The zero-order chi connectivity index (χ0) is 16.2. The Morgan fingerprint density at radius 2 is 2.04 bits per heavy atom. The summed E-state index contributed by atoms with van der Waals surface area (Å²) in [4.78, 5) is 14.4. The highest BCUT2D eigenvalue weighted by atomic mass is 16.5. The maximum absolute atomic E-state index is 12.6. The van der Waals surface area contributed by atoms with Crippen LogP contribution in [0.15, 0.2) is 24.3 Å². The first-order valence-electron chi connectivity index (χ1n) is 8.79. The van der Waals surface area contributed by atoms with Crippen LogP contribution in [0, 0.1) is 5.92 Å². The molecular weight excluding hydrogens is 290 g/mol. The van der Waals surface area contributed by atoms with E-state index in [9.17, 15) is 9.90 Å². The van der Waals surface area contributed by atoms with E-state index in [1.54, 1.807) is 0 Å². The van der Waals surface area contributed by atoms with Crippen LogP contribution in [0.3, 0.4) is 0 Å². The normalized spacial score (nSPS) is 27.0. The maximum atomic E-state index is 12.6. The predicted octanol–water partition coefficient (Wildman–Crippen LogP) is 2.95. The van der Waals surface area contributed by atoms with Gasteiger partial charge in [0.1, 0.15) is 5.75 Å². The first-order chi connectivity index (χ1) is 11.1. The number of carbonyl (C=O) groups excluding carboxylic acids is 1. The summed E-state index contributed by atoms with van der Waals surface area (Å²) in [5.41, 5.74) is 1.15. The minimum atomic E-state index is -0.247. The van der Waals surface area contributed by atoms with Gasteiger partial charge in [-0.3, -0.25) is 4.79 Å². The average Bonchev–Trinajstić information content (AvgIpc) is 2.57. The van der Waals surface area contributed by atoms with Crippen LogP contribution in [0.2, 0.25) is 0 Å². The number of benzene rings is 1. The van der Waals surface area contributed by atoms with E-state index in [1.165, 1.54) is 0 Å². The molecule has 3 atom stereocenters.